The van der Waals surface area contributed by atoms with Gasteiger partial charge in [-0.05, 0) is 57.0 Å². The molecule has 3 aromatic rings. The number of hydrogen-bond donors (Lipinski definition) is 2. The van der Waals surface area contributed by atoms with Gasteiger partial charge in [-0.1, -0.05) is 30.3 Å². The Balaban J connectivity index is 1.76. The second-order valence-electron chi connectivity index (χ2n) is 7.60. The Morgan fingerprint density at radius 3 is 2.73 bits per heavy atom. The number of aryl methyl sites for hydroxylation is 1. The van der Waals surface area contributed by atoms with Crippen molar-refractivity contribution in [3.8, 4) is 5.75 Å². The fourth-order valence-electron chi connectivity index (χ4n) is 3.63. The molecule has 2 heterocycles. The molecule has 7 nitrogen and oxygen atoms in total. The molecule has 1 aromatic heterocycles. The molecular weight excluding hydrogens is 378 g/mol. The Labute approximate surface area is 175 Å². The van der Waals surface area contributed by atoms with Crippen molar-refractivity contribution in [1.82, 2.24) is 14.8 Å². The van der Waals surface area contributed by atoms with Crippen molar-refractivity contribution in [2.75, 3.05) is 10.6 Å². The zero-order valence-corrected chi connectivity index (χ0v) is 17.5. The number of ether oxygens (including phenoxy) is 1. The highest BCUT2D eigenvalue weighted by Gasteiger charge is 2.33. The Hall–Kier alpha value is -3.61. The maximum Gasteiger partial charge on any atom is 0.255 e. The number of nitrogens with one attached hydrogen (secondary N) is 2. The lowest BCUT2D eigenvalue weighted by molar-refractivity contribution is -0.113. The summed E-state index contributed by atoms with van der Waals surface area (Å²) in [6, 6.07) is 15.1. The summed E-state index contributed by atoms with van der Waals surface area (Å²) < 4.78 is 7.60. The van der Waals surface area contributed by atoms with Gasteiger partial charge in [-0.3, -0.25) is 4.79 Å². The maximum absolute atomic E-state index is 13.4. The van der Waals surface area contributed by atoms with E-state index in [0.717, 1.165) is 28.3 Å². The average Bonchev–Trinajstić information content (AvgIpc) is 3.16. The van der Waals surface area contributed by atoms with Crippen LogP contribution in [0.5, 0.6) is 5.75 Å². The molecule has 154 valence electrons. The van der Waals surface area contributed by atoms with Crippen LogP contribution in [-0.4, -0.2) is 26.8 Å². The summed E-state index contributed by atoms with van der Waals surface area (Å²) in [6.07, 6.45) is 1.54. The van der Waals surface area contributed by atoms with Crippen molar-refractivity contribution in [2.24, 2.45) is 0 Å². The molecule has 0 saturated carbocycles. The van der Waals surface area contributed by atoms with E-state index in [4.69, 9.17) is 4.74 Å². The van der Waals surface area contributed by atoms with E-state index in [-0.39, 0.29) is 12.0 Å². The van der Waals surface area contributed by atoms with E-state index in [1.165, 1.54) is 6.33 Å². The van der Waals surface area contributed by atoms with Crippen LogP contribution in [0.15, 0.2) is 66.1 Å². The van der Waals surface area contributed by atoms with E-state index in [2.05, 4.69) is 20.7 Å². The maximum atomic E-state index is 13.4. The third kappa shape index (κ3) is 3.78. The SMILES string of the molecule is CC1=C(C(=O)Nc2ccccc2C)C(c2cccc(OC(C)C)c2)n2ncnc2N1. The normalized spacial score (nSPS) is 15.6. The second kappa shape index (κ2) is 8.02. The van der Waals surface area contributed by atoms with Gasteiger partial charge in [0.2, 0.25) is 5.95 Å². The van der Waals surface area contributed by atoms with Gasteiger partial charge in [0.15, 0.2) is 0 Å². The molecule has 0 fully saturated rings. The number of benzene rings is 2. The number of allylic oxidation sites excluding steroid dienone is 1. The molecule has 4 rings (SSSR count). The molecule has 0 saturated heterocycles. The molecule has 0 bridgehead atoms. The molecule has 1 amide bonds. The van der Waals surface area contributed by atoms with Gasteiger partial charge in [0.25, 0.3) is 5.91 Å². The molecule has 0 spiro atoms. The Kier molecular flexibility index (Phi) is 5.27. The van der Waals surface area contributed by atoms with E-state index in [1.54, 1.807) is 4.68 Å². The predicted molar refractivity (Wildman–Crippen MR) is 116 cm³/mol. The average molecular weight is 403 g/mol. The van der Waals surface area contributed by atoms with Crippen molar-refractivity contribution in [3.05, 3.63) is 77.3 Å². The number of aromatic nitrogens is 3. The summed E-state index contributed by atoms with van der Waals surface area (Å²) in [4.78, 5) is 17.7. The van der Waals surface area contributed by atoms with E-state index in [0.29, 0.717) is 11.5 Å². The van der Waals surface area contributed by atoms with Crippen molar-refractivity contribution >= 4 is 17.5 Å². The van der Waals surface area contributed by atoms with Crippen LogP contribution in [0.2, 0.25) is 0 Å². The summed E-state index contributed by atoms with van der Waals surface area (Å²) in [5.41, 5.74) is 4.00. The Morgan fingerprint density at radius 1 is 1.17 bits per heavy atom. The van der Waals surface area contributed by atoms with Crippen LogP contribution < -0.4 is 15.4 Å². The number of amides is 1. The van der Waals surface area contributed by atoms with Crippen molar-refractivity contribution in [3.63, 3.8) is 0 Å². The topological polar surface area (TPSA) is 81.1 Å². The lowest BCUT2D eigenvalue weighted by Crippen LogP contribution is -2.31. The number of para-hydroxylation sites is 1. The lowest BCUT2D eigenvalue weighted by Gasteiger charge is -2.29. The van der Waals surface area contributed by atoms with Crippen LogP contribution in [0.1, 0.15) is 37.9 Å². The Morgan fingerprint density at radius 2 is 1.97 bits per heavy atom. The third-order valence-corrected chi connectivity index (χ3v) is 4.98. The molecule has 1 unspecified atom stereocenters. The summed E-state index contributed by atoms with van der Waals surface area (Å²) >= 11 is 0. The molecule has 2 aromatic carbocycles. The first-order valence-corrected chi connectivity index (χ1v) is 9.95. The van der Waals surface area contributed by atoms with E-state index < -0.39 is 6.04 Å². The minimum Gasteiger partial charge on any atom is -0.491 e. The number of carbonyl (C=O) groups excluding carboxylic acids is 1. The molecule has 30 heavy (non-hydrogen) atoms. The van der Waals surface area contributed by atoms with Gasteiger partial charge in [0.05, 0.1) is 11.7 Å². The third-order valence-electron chi connectivity index (χ3n) is 4.98. The fourth-order valence-corrected chi connectivity index (χ4v) is 3.63. The Bertz CT molecular complexity index is 1120. The quantitative estimate of drug-likeness (QED) is 0.664. The van der Waals surface area contributed by atoms with Crippen LogP contribution >= 0.6 is 0 Å². The molecule has 1 aliphatic heterocycles. The number of carbonyl (C=O) groups is 1. The summed E-state index contributed by atoms with van der Waals surface area (Å²) in [5.74, 6) is 1.16. The van der Waals surface area contributed by atoms with Crippen molar-refractivity contribution in [1.29, 1.82) is 0 Å². The van der Waals surface area contributed by atoms with E-state index in [1.807, 2.05) is 76.2 Å². The van der Waals surface area contributed by atoms with E-state index >= 15 is 0 Å². The minimum atomic E-state index is -0.427. The van der Waals surface area contributed by atoms with Gasteiger partial charge in [-0.2, -0.15) is 10.1 Å². The molecule has 1 aliphatic rings. The fraction of sp³-hybridized carbons (Fsp3) is 0.261. The molecule has 2 N–H and O–H groups in total. The number of fused-ring (bicyclic) bond motifs is 1. The standard InChI is InChI=1S/C23H25N5O2/c1-14(2)30-18-10-7-9-17(12-18)21-20(16(4)26-23-24-13-25-28(21)23)22(29)27-19-11-6-5-8-15(19)3/h5-14,21H,1-4H3,(H,27,29)(H,24,25,26). The molecule has 1 atom stereocenters. The van der Waals surface area contributed by atoms with Crippen LogP contribution in [-0.2, 0) is 4.79 Å². The molecule has 0 aliphatic carbocycles. The van der Waals surface area contributed by atoms with Gasteiger partial charge in [-0.15, -0.1) is 0 Å². The monoisotopic (exact) mass is 403 g/mol. The zero-order chi connectivity index (χ0) is 21.3. The summed E-state index contributed by atoms with van der Waals surface area (Å²) in [7, 11) is 0. The van der Waals surface area contributed by atoms with Gasteiger partial charge in [0, 0.05) is 11.4 Å². The van der Waals surface area contributed by atoms with E-state index in [9.17, 15) is 4.79 Å². The molecule has 7 heteroatoms. The van der Waals surface area contributed by atoms with Crippen LogP contribution in [0.3, 0.4) is 0 Å². The first kappa shape index (κ1) is 19.7. The van der Waals surface area contributed by atoms with Crippen LogP contribution in [0.4, 0.5) is 11.6 Å². The van der Waals surface area contributed by atoms with Gasteiger partial charge < -0.3 is 15.4 Å². The number of rotatable bonds is 5. The molecule has 0 radical (unpaired) electrons. The first-order valence-electron chi connectivity index (χ1n) is 9.95. The smallest absolute Gasteiger partial charge is 0.255 e. The lowest BCUT2D eigenvalue weighted by atomic mass is 9.94. The van der Waals surface area contributed by atoms with Gasteiger partial charge in [0.1, 0.15) is 18.1 Å². The van der Waals surface area contributed by atoms with Crippen LogP contribution in [0, 0.1) is 6.92 Å². The minimum absolute atomic E-state index is 0.0521. The highest BCUT2D eigenvalue weighted by molar-refractivity contribution is 6.06. The van der Waals surface area contributed by atoms with Gasteiger partial charge in [-0.25, -0.2) is 4.68 Å². The number of hydrogen-bond acceptors (Lipinski definition) is 5. The highest BCUT2D eigenvalue weighted by Crippen LogP contribution is 2.36. The predicted octanol–water partition coefficient (Wildman–Crippen LogP) is 4.30. The van der Waals surface area contributed by atoms with Crippen LogP contribution in [0.25, 0.3) is 0 Å². The highest BCUT2D eigenvalue weighted by atomic mass is 16.5. The van der Waals surface area contributed by atoms with Crippen molar-refractivity contribution in [2.45, 2.75) is 39.8 Å². The van der Waals surface area contributed by atoms with Gasteiger partial charge >= 0.3 is 0 Å². The summed E-state index contributed by atoms with van der Waals surface area (Å²) in [6.45, 7) is 7.82. The molecular formula is C23H25N5O2. The second-order valence-corrected chi connectivity index (χ2v) is 7.60. The zero-order valence-electron chi connectivity index (χ0n) is 17.5. The number of nitrogens with zero attached hydrogens (tertiary/aromatic N) is 3. The largest absolute Gasteiger partial charge is 0.491 e. The van der Waals surface area contributed by atoms with Crippen molar-refractivity contribution < 1.29 is 9.53 Å². The number of anilines is 2. The first-order chi connectivity index (χ1) is 14.4. The summed E-state index contributed by atoms with van der Waals surface area (Å²) in [5, 5.41) is 10.6.